The molecule has 2 rings (SSSR count). The summed E-state index contributed by atoms with van der Waals surface area (Å²) in [5.41, 5.74) is 1.74. The van der Waals surface area contributed by atoms with Crippen LogP contribution in [0.1, 0.15) is 11.1 Å². The Balaban J connectivity index is 1.83. The number of nitriles is 1. The molecular formula is C17H13Cl2N3O2. The second-order valence-electron chi connectivity index (χ2n) is 4.88. The Labute approximate surface area is 149 Å². The van der Waals surface area contributed by atoms with E-state index in [4.69, 9.17) is 28.5 Å². The summed E-state index contributed by atoms with van der Waals surface area (Å²) in [7, 11) is 0. The van der Waals surface area contributed by atoms with Crippen LogP contribution in [0.5, 0.6) is 0 Å². The molecule has 7 heteroatoms. The highest BCUT2D eigenvalue weighted by Gasteiger charge is 2.13. The van der Waals surface area contributed by atoms with E-state index in [0.717, 1.165) is 5.56 Å². The van der Waals surface area contributed by atoms with Gasteiger partial charge in [-0.05, 0) is 48.4 Å². The first-order chi connectivity index (χ1) is 11.5. The van der Waals surface area contributed by atoms with Gasteiger partial charge in [-0.25, -0.2) is 0 Å². The molecule has 2 amide bonds. The SMILES string of the molecule is N#Cc1ccc(NC(=O)C(=O)NCCc2ccc(Cl)cc2Cl)cc1. The second-order valence-corrected chi connectivity index (χ2v) is 5.73. The summed E-state index contributed by atoms with van der Waals surface area (Å²) in [5.74, 6) is -1.52. The number of rotatable bonds is 4. The van der Waals surface area contributed by atoms with Gasteiger partial charge in [-0.3, -0.25) is 9.59 Å². The topological polar surface area (TPSA) is 82.0 Å². The number of anilines is 1. The molecule has 2 aromatic rings. The molecule has 0 radical (unpaired) electrons. The van der Waals surface area contributed by atoms with Crippen molar-refractivity contribution < 1.29 is 9.59 Å². The van der Waals surface area contributed by atoms with Gasteiger partial charge in [0.1, 0.15) is 0 Å². The molecule has 122 valence electrons. The van der Waals surface area contributed by atoms with Crippen LogP contribution < -0.4 is 10.6 Å². The molecule has 0 aliphatic carbocycles. The van der Waals surface area contributed by atoms with Gasteiger partial charge in [-0.2, -0.15) is 5.26 Å². The maximum atomic E-state index is 11.8. The largest absolute Gasteiger partial charge is 0.347 e. The Hall–Kier alpha value is -2.55. The molecule has 24 heavy (non-hydrogen) atoms. The summed E-state index contributed by atoms with van der Waals surface area (Å²) >= 11 is 11.9. The summed E-state index contributed by atoms with van der Waals surface area (Å²) in [6.07, 6.45) is 0.478. The molecule has 0 aliphatic heterocycles. The lowest BCUT2D eigenvalue weighted by molar-refractivity contribution is -0.136. The van der Waals surface area contributed by atoms with Crippen LogP contribution in [-0.4, -0.2) is 18.4 Å². The molecule has 0 atom stereocenters. The molecule has 0 bridgehead atoms. The van der Waals surface area contributed by atoms with E-state index in [-0.39, 0.29) is 6.54 Å². The quantitative estimate of drug-likeness (QED) is 0.820. The van der Waals surface area contributed by atoms with Crippen LogP contribution in [0.2, 0.25) is 10.0 Å². The van der Waals surface area contributed by atoms with Crippen molar-refractivity contribution >= 4 is 40.7 Å². The third kappa shape index (κ3) is 4.98. The number of nitrogens with zero attached hydrogens (tertiary/aromatic N) is 1. The normalized spacial score (nSPS) is 9.88. The number of amides is 2. The Bertz CT molecular complexity index is 798. The fraction of sp³-hybridized carbons (Fsp3) is 0.118. The highest BCUT2D eigenvalue weighted by molar-refractivity contribution is 6.39. The zero-order chi connectivity index (χ0) is 17.5. The molecule has 0 saturated heterocycles. The van der Waals surface area contributed by atoms with Crippen LogP contribution in [0.15, 0.2) is 42.5 Å². The first kappa shape index (κ1) is 17.8. The van der Waals surface area contributed by atoms with Crippen molar-refractivity contribution in [1.82, 2.24) is 5.32 Å². The van der Waals surface area contributed by atoms with Gasteiger partial charge in [0, 0.05) is 22.3 Å². The van der Waals surface area contributed by atoms with Gasteiger partial charge in [0.2, 0.25) is 0 Å². The molecular weight excluding hydrogens is 349 g/mol. The van der Waals surface area contributed by atoms with Gasteiger partial charge < -0.3 is 10.6 Å². The molecule has 0 saturated carbocycles. The van der Waals surface area contributed by atoms with E-state index in [9.17, 15) is 9.59 Å². The summed E-state index contributed by atoms with van der Waals surface area (Å²) in [5, 5.41) is 14.7. The third-order valence-electron chi connectivity index (χ3n) is 3.17. The predicted octanol–water partition coefficient (Wildman–Crippen LogP) is 3.16. The van der Waals surface area contributed by atoms with E-state index in [2.05, 4.69) is 10.6 Å². The van der Waals surface area contributed by atoms with Crippen LogP contribution in [0.3, 0.4) is 0 Å². The van der Waals surface area contributed by atoms with Crippen molar-refractivity contribution in [1.29, 1.82) is 5.26 Å². The zero-order valence-electron chi connectivity index (χ0n) is 12.5. The minimum Gasteiger partial charge on any atom is -0.347 e. The summed E-state index contributed by atoms with van der Waals surface area (Å²) < 4.78 is 0. The van der Waals surface area contributed by atoms with E-state index in [1.807, 2.05) is 6.07 Å². The van der Waals surface area contributed by atoms with E-state index in [0.29, 0.717) is 27.7 Å². The van der Waals surface area contributed by atoms with Crippen molar-refractivity contribution in [2.75, 3.05) is 11.9 Å². The average molecular weight is 362 g/mol. The summed E-state index contributed by atoms with van der Waals surface area (Å²) in [4.78, 5) is 23.6. The Morgan fingerprint density at radius 1 is 1.04 bits per heavy atom. The lowest BCUT2D eigenvalue weighted by atomic mass is 10.1. The van der Waals surface area contributed by atoms with Gasteiger partial charge in [0.15, 0.2) is 0 Å². The second kappa shape index (κ2) is 8.34. The summed E-state index contributed by atoms with van der Waals surface area (Å²) in [6.45, 7) is 0.265. The van der Waals surface area contributed by atoms with Crippen LogP contribution >= 0.6 is 23.2 Å². The minimum atomic E-state index is -0.776. The van der Waals surface area contributed by atoms with Crippen molar-refractivity contribution in [2.24, 2.45) is 0 Å². The number of hydrogen-bond donors (Lipinski definition) is 2. The zero-order valence-corrected chi connectivity index (χ0v) is 14.0. The number of hydrogen-bond acceptors (Lipinski definition) is 3. The number of nitrogens with one attached hydrogen (secondary N) is 2. The van der Waals surface area contributed by atoms with Crippen molar-refractivity contribution in [3.05, 3.63) is 63.6 Å². The molecule has 2 N–H and O–H groups in total. The first-order valence-corrected chi connectivity index (χ1v) is 7.78. The molecule has 0 spiro atoms. The molecule has 5 nitrogen and oxygen atoms in total. The first-order valence-electron chi connectivity index (χ1n) is 7.03. The highest BCUT2D eigenvalue weighted by atomic mass is 35.5. The van der Waals surface area contributed by atoms with E-state index in [1.54, 1.807) is 42.5 Å². The van der Waals surface area contributed by atoms with Gasteiger partial charge >= 0.3 is 11.8 Å². The van der Waals surface area contributed by atoms with Crippen molar-refractivity contribution in [3.8, 4) is 6.07 Å². The monoisotopic (exact) mass is 361 g/mol. The van der Waals surface area contributed by atoms with E-state index < -0.39 is 11.8 Å². The predicted molar refractivity (Wildman–Crippen MR) is 93.0 cm³/mol. The van der Waals surface area contributed by atoms with Gasteiger partial charge in [0.05, 0.1) is 11.6 Å². The smallest absolute Gasteiger partial charge is 0.313 e. The van der Waals surface area contributed by atoms with Crippen molar-refractivity contribution in [2.45, 2.75) is 6.42 Å². The van der Waals surface area contributed by atoms with Crippen LogP contribution in [-0.2, 0) is 16.0 Å². The van der Waals surface area contributed by atoms with Crippen LogP contribution in [0.4, 0.5) is 5.69 Å². The Morgan fingerprint density at radius 3 is 2.38 bits per heavy atom. The van der Waals surface area contributed by atoms with Gasteiger partial charge in [-0.1, -0.05) is 29.3 Å². The van der Waals surface area contributed by atoms with E-state index >= 15 is 0 Å². The Kier molecular flexibility index (Phi) is 6.19. The fourth-order valence-corrected chi connectivity index (χ4v) is 2.43. The standard InChI is InChI=1S/C17H13Cl2N3O2/c18-13-4-3-12(15(19)9-13)7-8-21-16(23)17(24)22-14-5-1-11(10-20)2-6-14/h1-6,9H,7-8H2,(H,21,23)(H,22,24). The fourth-order valence-electron chi connectivity index (χ4n) is 1.93. The molecule has 2 aromatic carbocycles. The van der Waals surface area contributed by atoms with Crippen LogP contribution in [0.25, 0.3) is 0 Å². The maximum Gasteiger partial charge on any atom is 0.313 e. The van der Waals surface area contributed by atoms with Gasteiger partial charge in [-0.15, -0.1) is 0 Å². The molecule has 0 aliphatic rings. The summed E-state index contributed by atoms with van der Waals surface area (Å²) in [6, 6.07) is 13.3. The number of benzene rings is 2. The van der Waals surface area contributed by atoms with E-state index in [1.165, 1.54) is 0 Å². The lowest BCUT2D eigenvalue weighted by Crippen LogP contribution is -2.36. The van der Waals surface area contributed by atoms with Gasteiger partial charge in [0.25, 0.3) is 0 Å². The Morgan fingerprint density at radius 2 is 1.75 bits per heavy atom. The molecule has 0 unspecified atom stereocenters. The number of halogens is 2. The molecule has 0 fully saturated rings. The number of carbonyl (C=O) groups excluding carboxylic acids is 2. The number of carbonyl (C=O) groups is 2. The lowest BCUT2D eigenvalue weighted by Gasteiger charge is -2.08. The molecule has 0 aromatic heterocycles. The van der Waals surface area contributed by atoms with Crippen LogP contribution in [0, 0.1) is 11.3 Å². The maximum absolute atomic E-state index is 11.8. The highest BCUT2D eigenvalue weighted by Crippen LogP contribution is 2.21. The van der Waals surface area contributed by atoms with Crippen molar-refractivity contribution in [3.63, 3.8) is 0 Å². The third-order valence-corrected chi connectivity index (χ3v) is 3.76. The minimum absolute atomic E-state index is 0.265. The average Bonchev–Trinajstić information content (AvgIpc) is 2.57. The molecule has 0 heterocycles.